The molecule has 4 heteroatoms. The lowest BCUT2D eigenvalue weighted by atomic mass is 10.3. The minimum Gasteiger partial charge on any atom is -0.466 e. The van der Waals surface area contributed by atoms with Gasteiger partial charge in [0, 0.05) is 11.6 Å². The van der Waals surface area contributed by atoms with Crippen LogP contribution in [0.4, 0.5) is 0 Å². The van der Waals surface area contributed by atoms with Crippen molar-refractivity contribution in [2.45, 2.75) is 0 Å². The lowest BCUT2D eigenvalue weighted by Gasteiger charge is -1.86. The topological polar surface area (TPSA) is 52.3 Å². The van der Waals surface area contributed by atoms with E-state index in [4.69, 9.17) is 0 Å². The van der Waals surface area contributed by atoms with Gasteiger partial charge in [-0.3, -0.25) is 0 Å². The van der Waals surface area contributed by atoms with Gasteiger partial charge >= 0.3 is 5.97 Å². The Kier molecular flexibility index (Phi) is 2.43. The molecule has 0 saturated heterocycles. The quantitative estimate of drug-likeness (QED) is 0.467. The molecule has 0 aliphatic heterocycles. The van der Waals surface area contributed by atoms with Crippen molar-refractivity contribution in [2.24, 2.45) is 0 Å². The average Bonchev–Trinajstić information content (AvgIpc) is 2.52. The van der Waals surface area contributed by atoms with Crippen LogP contribution in [0, 0.1) is 0 Å². The molecule has 0 atom stereocenters. The standard InChI is InChI=1S/C7H7NO3/c1-10-7(9)3-2-6-4-8-11-5-6/h2-5H,1H3. The van der Waals surface area contributed by atoms with E-state index in [1.54, 1.807) is 6.08 Å². The summed E-state index contributed by atoms with van der Waals surface area (Å²) in [5.74, 6) is -0.397. The van der Waals surface area contributed by atoms with Crippen molar-refractivity contribution in [3.8, 4) is 0 Å². The lowest BCUT2D eigenvalue weighted by molar-refractivity contribution is -0.134. The van der Waals surface area contributed by atoms with Crippen LogP contribution in [0.25, 0.3) is 6.08 Å². The molecule has 11 heavy (non-hydrogen) atoms. The lowest BCUT2D eigenvalue weighted by Crippen LogP contribution is -1.92. The molecule has 0 aliphatic rings. The summed E-state index contributed by atoms with van der Waals surface area (Å²) in [6, 6.07) is 0. The van der Waals surface area contributed by atoms with E-state index >= 15 is 0 Å². The van der Waals surface area contributed by atoms with E-state index in [1.165, 1.54) is 25.6 Å². The summed E-state index contributed by atoms with van der Waals surface area (Å²) in [6.45, 7) is 0. The van der Waals surface area contributed by atoms with Crippen molar-refractivity contribution in [1.29, 1.82) is 0 Å². The Labute approximate surface area is 63.4 Å². The van der Waals surface area contributed by atoms with Crippen LogP contribution in [0.3, 0.4) is 0 Å². The SMILES string of the molecule is COC(=O)C=Cc1cnoc1. The number of carbonyl (C=O) groups excluding carboxylic acids is 1. The summed E-state index contributed by atoms with van der Waals surface area (Å²) in [5.41, 5.74) is 0.732. The second-order valence-corrected chi connectivity index (χ2v) is 1.81. The largest absolute Gasteiger partial charge is 0.466 e. The second kappa shape index (κ2) is 3.55. The highest BCUT2D eigenvalue weighted by Gasteiger charge is 1.92. The smallest absolute Gasteiger partial charge is 0.330 e. The van der Waals surface area contributed by atoms with E-state index in [0.717, 1.165) is 5.56 Å². The van der Waals surface area contributed by atoms with Crippen molar-refractivity contribution < 1.29 is 14.1 Å². The molecule has 1 rings (SSSR count). The first-order chi connectivity index (χ1) is 5.33. The molecule has 0 aliphatic carbocycles. The maximum absolute atomic E-state index is 10.5. The molecular weight excluding hydrogens is 146 g/mol. The van der Waals surface area contributed by atoms with Gasteiger partial charge in [0.1, 0.15) is 6.26 Å². The molecule has 58 valence electrons. The summed E-state index contributed by atoms with van der Waals surface area (Å²) >= 11 is 0. The maximum atomic E-state index is 10.5. The van der Waals surface area contributed by atoms with E-state index in [9.17, 15) is 4.79 Å². The highest BCUT2D eigenvalue weighted by Crippen LogP contribution is 1.98. The van der Waals surface area contributed by atoms with Gasteiger partial charge in [-0.15, -0.1) is 0 Å². The molecule has 0 N–H and O–H groups in total. The molecular formula is C7H7NO3. The van der Waals surface area contributed by atoms with Gasteiger partial charge in [-0.1, -0.05) is 5.16 Å². The molecule has 1 aromatic heterocycles. The van der Waals surface area contributed by atoms with Crippen LogP contribution in [-0.2, 0) is 9.53 Å². The van der Waals surface area contributed by atoms with Gasteiger partial charge in [-0.05, 0) is 6.08 Å². The summed E-state index contributed by atoms with van der Waals surface area (Å²) in [7, 11) is 1.32. The van der Waals surface area contributed by atoms with E-state index in [0.29, 0.717) is 0 Å². The summed E-state index contributed by atoms with van der Waals surface area (Å²) in [4.78, 5) is 10.5. The molecule has 1 heterocycles. The molecule has 1 aromatic rings. The summed E-state index contributed by atoms with van der Waals surface area (Å²) in [6.07, 6.45) is 5.79. The Hall–Kier alpha value is -1.58. The Morgan fingerprint density at radius 2 is 2.64 bits per heavy atom. The monoisotopic (exact) mass is 153 g/mol. The minimum atomic E-state index is -0.397. The minimum absolute atomic E-state index is 0.397. The van der Waals surface area contributed by atoms with Gasteiger partial charge in [0.15, 0.2) is 0 Å². The fourth-order valence-electron chi connectivity index (χ4n) is 0.528. The van der Waals surface area contributed by atoms with E-state index in [-0.39, 0.29) is 0 Å². The van der Waals surface area contributed by atoms with Gasteiger partial charge in [-0.25, -0.2) is 4.79 Å². The first-order valence-corrected chi connectivity index (χ1v) is 2.98. The van der Waals surface area contributed by atoms with Gasteiger partial charge < -0.3 is 9.26 Å². The number of hydrogen-bond donors (Lipinski definition) is 0. The highest BCUT2D eigenvalue weighted by molar-refractivity contribution is 5.86. The van der Waals surface area contributed by atoms with Gasteiger partial charge in [0.25, 0.3) is 0 Å². The molecule has 4 nitrogen and oxygen atoms in total. The summed E-state index contributed by atoms with van der Waals surface area (Å²) < 4.78 is 8.90. The number of aromatic nitrogens is 1. The number of ether oxygens (including phenoxy) is 1. The predicted octanol–water partition coefficient (Wildman–Crippen LogP) is 0.861. The van der Waals surface area contributed by atoms with E-state index in [1.807, 2.05) is 0 Å². The third-order valence-corrected chi connectivity index (χ3v) is 1.06. The van der Waals surface area contributed by atoms with Crippen molar-refractivity contribution in [2.75, 3.05) is 7.11 Å². The van der Waals surface area contributed by atoms with Gasteiger partial charge in [0.05, 0.1) is 13.3 Å². The number of rotatable bonds is 2. The third kappa shape index (κ3) is 2.25. The van der Waals surface area contributed by atoms with E-state index < -0.39 is 5.97 Å². The number of methoxy groups -OCH3 is 1. The Bertz CT molecular complexity index is 251. The van der Waals surface area contributed by atoms with E-state index in [2.05, 4.69) is 14.4 Å². The maximum Gasteiger partial charge on any atom is 0.330 e. The Balaban J connectivity index is 2.55. The fourth-order valence-corrected chi connectivity index (χ4v) is 0.528. The molecule has 0 radical (unpaired) electrons. The van der Waals surface area contributed by atoms with Crippen LogP contribution in [-0.4, -0.2) is 18.2 Å². The molecule has 0 amide bonds. The molecule has 0 aromatic carbocycles. The first kappa shape index (κ1) is 7.53. The van der Waals surface area contributed by atoms with Gasteiger partial charge in [0.2, 0.25) is 0 Å². The van der Waals surface area contributed by atoms with Crippen molar-refractivity contribution in [1.82, 2.24) is 5.16 Å². The molecule has 0 bridgehead atoms. The number of hydrogen-bond acceptors (Lipinski definition) is 4. The zero-order valence-electron chi connectivity index (χ0n) is 5.98. The zero-order chi connectivity index (χ0) is 8.10. The summed E-state index contributed by atoms with van der Waals surface area (Å²) in [5, 5.41) is 3.45. The van der Waals surface area contributed by atoms with Gasteiger partial charge in [-0.2, -0.15) is 0 Å². The van der Waals surface area contributed by atoms with Crippen LogP contribution >= 0.6 is 0 Å². The fraction of sp³-hybridized carbons (Fsp3) is 0.143. The third-order valence-electron chi connectivity index (χ3n) is 1.06. The molecule has 0 saturated carbocycles. The van der Waals surface area contributed by atoms with Crippen LogP contribution in [0.5, 0.6) is 0 Å². The number of nitrogens with zero attached hydrogens (tertiary/aromatic N) is 1. The Morgan fingerprint density at radius 1 is 1.82 bits per heavy atom. The van der Waals surface area contributed by atoms with Crippen LogP contribution < -0.4 is 0 Å². The van der Waals surface area contributed by atoms with Crippen molar-refractivity contribution in [3.05, 3.63) is 24.1 Å². The number of esters is 1. The highest BCUT2D eigenvalue weighted by atomic mass is 16.5. The van der Waals surface area contributed by atoms with Crippen LogP contribution in [0.15, 0.2) is 23.1 Å². The molecule has 0 fully saturated rings. The van der Waals surface area contributed by atoms with Crippen molar-refractivity contribution >= 4 is 12.0 Å². The Morgan fingerprint density at radius 3 is 3.18 bits per heavy atom. The number of carbonyl (C=O) groups is 1. The predicted molar refractivity (Wildman–Crippen MR) is 37.6 cm³/mol. The van der Waals surface area contributed by atoms with Crippen LogP contribution in [0.2, 0.25) is 0 Å². The first-order valence-electron chi connectivity index (χ1n) is 2.98. The molecule has 0 unspecified atom stereocenters. The molecule has 0 spiro atoms. The van der Waals surface area contributed by atoms with Crippen molar-refractivity contribution in [3.63, 3.8) is 0 Å². The zero-order valence-corrected chi connectivity index (χ0v) is 5.98. The average molecular weight is 153 g/mol. The normalized spacial score (nSPS) is 10.3. The second-order valence-electron chi connectivity index (χ2n) is 1.81. The van der Waals surface area contributed by atoms with Crippen LogP contribution in [0.1, 0.15) is 5.56 Å².